The number of oxazole rings is 1. The molecule has 0 bridgehead atoms. The molecule has 0 saturated carbocycles. The molecular formula is C19H27IN4OS. The fourth-order valence-electron chi connectivity index (χ4n) is 2.87. The van der Waals surface area contributed by atoms with Crippen molar-refractivity contribution in [3.8, 4) is 10.8 Å². The molecule has 2 aromatic rings. The lowest BCUT2D eigenvalue weighted by molar-refractivity contribution is 0.574. The normalized spacial score (nSPS) is 14.5. The maximum Gasteiger partial charge on any atom is 0.236 e. The Morgan fingerprint density at radius 1 is 1.35 bits per heavy atom. The van der Waals surface area contributed by atoms with Crippen molar-refractivity contribution in [2.24, 2.45) is 4.99 Å². The summed E-state index contributed by atoms with van der Waals surface area (Å²) in [4.78, 5) is 10.2. The Balaban J connectivity index is 0.00000243. The minimum Gasteiger partial charge on any atom is -0.443 e. The topological polar surface area (TPSA) is 62.5 Å². The van der Waals surface area contributed by atoms with Gasteiger partial charge in [-0.05, 0) is 50.5 Å². The van der Waals surface area contributed by atoms with Crippen molar-refractivity contribution in [3.63, 3.8) is 0 Å². The van der Waals surface area contributed by atoms with Crippen molar-refractivity contribution in [1.29, 1.82) is 0 Å². The highest BCUT2D eigenvalue weighted by molar-refractivity contribution is 14.0. The minimum atomic E-state index is 0. The van der Waals surface area contributed by atoms with Crippen LogP contribution in [0.5, 0.6) is 0 Å². The van der Waals surface area contributed by atoms with E-state index in [0.29, 0.717) is 12.4 Å². The van der Waals surface area contributed by atoms with E-state index in [9.17, 15) is 0 Å². The maximum atomic E-state index is 5.54. The van der Waals surface area contributed by atoms with E-state index in [0.717, 1.165) is 36.0 Å². The van der Waals surface area contributed by atoms with Gasteiger partial charge in [-0.15, -0.1) is 35.3 Å². The van der Waals surface area contributed by atoms with Gasteiger partial charge in [0.2, 0.25) is 5.89 Å². The Morgan fingerprint density at radius 3 is 3.00 bits per heavy atom. The first-order valence-corrected chi connectivity index (χ1v) is 9.91. The van der Waals surface area contributed by atoms with Gasteiger partial charge in [0.25, 0.3) is 0 Å². The predicted molar refractivity (Wildman–Crippen MR) is 119 cm³/mol. The number of nitrogens with zero attached hydrogens (tertiary/aromatic N) is 2. The fourth-order valence-corrected chi connectivity index (χ4v) is 3.52. The highest BCUT2D eigenvalue weighted by Gasteiger charge is 2.08. The number of hydrogen-bond acceptors (Lipinski definition) is 4. The number of nitrogens with one attached hydrogen (secondary N) is 2. The number of halogens is 1. The molecule has 2 aromatic heterocycles. The van der Waals surface area contributed by atoms with Crippen LogP contribution in [-0.4, -0.2) is 24.0 Å². The van der Waals surface area contributed by atoms with E-state index in [2.05, 4.69) is 33.6 Å². The average Bonchev–Trinajstić information content (AvgIpc) is 3.32. The Labute approximate surface area is 176 Å². The van der Waals surface area contributed by atoms with Crippen molar-refractivity contribution in [2.75, 3.05) is 13.1 Å². The lowest BCUT2D eigenvalue weighted by atomic mass is 9.97. The molecule has 0 aromatic carbocycles. The molecule has 1 aliphatic carbocycles. The number of thiophene rings is 1. The van der Waals surface area contributed by atoms with E-state index < -0.39 is 0 Å². The summed E-state index contributed by atoms with van der Waals surface area (Å²) in [5.74, 6) is 1.50. The van der Waals surface area contributed by atoms with Crippen molar-refractivity contribution < 1.29 is 4.42 Å². The number of hydrogen-bond donors (Lipinski definition) is 2. The van der Waals surface area contributed by atoms with Crippen LogP contribution in [0.3, 0.4) is 0 Å². The van der Waals surface area contributed by atoms with Gasteiger partial charge in [0.1, 0.15) is 12.0 Å². The van der Waals surface area contributed by atoms with Gasteiger partial charge in [0.05, 0.1) is 11.4 Å². The Bertz CT molecular complexity index is 709. The molecule has 142 valence electrons. The molecule has 5 nitrogen and oxygen atoms in total. The van der Waals surface area contributed by atoms with E-state index in [-0.39, 0.29) is 24.0 Å². The molecule has 2 N–H and O–H groups in total. The first-order valence-electron chi connectivity index (χ1n) is 9.03. The first-order chi connectivity index (χ1) is 12.3. The van der Waals surface area contributed by atoms with Crippen LogP contribution in [0.4, 0.5) is 0 Å². The smallest absolute Gasteiger partial charge is 0.236 e. The van der Waals surface area contributed by atoms with E-state index >= 15 is 0 Å². The zero-order valence-corrected chi connectivity index (χ0v) is 18.3. The monoisotopic (exact) mass is 486 g/mol. The molecule has 0 aliphatic heterocycles. The third kappa shape index (κ3) is 6.42. The summed E-state index contributed by atoms with van der Waals surface area (Å²) in [5.41, 5.74) is 2.42. The van der Waals surface area contributed by atoms with Crippen LogP contribution in [0.25, 0.3) is 10.8 Å². The summed E-state index contributed by atoms with van der Waals surface area (Å²) >= 11 is 1.62. The number of allylic oxidation sites excluding steroid dienone is 1. The second-order valence-corrected chi connectivity index (χ2v) is 7.05. The fraction of sp³-hybridized carbons (Fsp3) is 0.474. The van der Waals surface area contributed by atoms with Crippen LogP contribution < -0.4 is 10.6 Å². The maximum absolute atomic E-state index is 5.54. The first kappa shape index (κ1) is 21.0. The Morgan fingerprint density at radius 2 is 2.27 bits per heavy atom. The molecule has 0 saturated heterocycles. The van der Waals surface area contributed by atoms with Crippen LogP contribution in [0.15, 0.2) is 44.8 Å². The molecule has 0 fully saturated rings. The van der Waals surface area contributed by atoms with E-state index in [1.54, 1.807) is 23.2 Å². The summed E-state index contributed by atoms with van der Waals surface area (Å²) in [6.45, 7) is 4.34. The molecule has 3 rings (SSSR count). The zero-order chi connectivity index (χ0) is 17.3. The summed E-state index contributed by atoms with van der Waals surface area (Å²) in [6, 6.07) is 4.01. The van der Waals surface area contributed by atoms with Crippen LogP contribution in [-0.2, 0) is 6.54 Å². The largest absolute Gasteiger partial charge is 0.443 e. The molecule has 2 heterocycles. The second-order valence-electron chi connectivity index (χ2n) is 6.10. The van der Waals surface area contributed by atoms with Crippen molar-refractivity contribution in [2.45, 2.75) is 45.6 Å². The van der Waals surface area contributed by atoms with E-state index in [1.165, 1.54) is 25.7 Å². The quantitative estimate of drug-likeness (QED) is 0.251. The van der Waals surface area contributed by atoms with Gasteiger partial charge in [0.15, 0.2) is 5.96 Å². The van der Waals surface area contributed by atoms with Crippen LogP contribution in [0.2, 0.25) is 0 Å². The molecule has 26 heavy (non-hydrogen) atoms. The summed E-state index contributed by atoms with van der Waals surface area (Å²) in [6.07, 6.45) is 10.3. The van der Waals surface area contributed by atoms with Crippen molar-refractivity contribution in [3.05, 3.63) is 41.1 Å². The van der Waals surface area contributed by atoms with Crippen molar-refractivity contribution >= 4 is 41.3 Å². The number of guanidine groups is 1. The SMILES string of the molecule is CCNC(=NCc1coc(-c2cccs2)n1)NCCC1=CCCCC1.I. The Hall–Kier alpha value is -1.35. The van der Waals surface area contributed by atoms with Gasteiger partial charge in [-0.2, -0.15) is 0 Å². The van der Waals surface area contributed by atoms with Crippen LogP contribution in [0.1, 0.15) is 44.7 Å². The lowest BCUT2D eigenvalue weighted by Gasteiger charge is -2.14. The standard InChI is InChI=1S/C19H26N4OS.HI/c1-2-20-19(21-11-10-15-7-4-3-5-8-15)22-13-16-14-24-18(23-16)17-9-6-12-25-17;/h6-7,9,12,14H,2-5,8,10-11,13H2,1H3,(H2,20,21,22);1H. The molecule has 0 amide bonds. The number of rotatable bonds is 7. The van der Waals surface area contributed by atoms with Gasteiger partial charge in [-0.1, -0.05) is 17.7 Å². The summed E-state index contributed by atoms with van der Waals surface area (Å²) < 4.78 is 5.54. The third-order valence-electron chi connectivity index (χ3n) is 4.15. The van der Waals surface area contributed by atoms with Gasteiger partial charge in [0, 0.05) is 13.1 Å². The lowest BCUT2D eigenvalue weighted by Crippen LogP contribution is -2.37. The molecule has 0 spiro atoms. The number of aliphatic imine (C=N–C) groups is 1. The summed E-state index contributed by atoms with van der Waals surface area (Å²) in [7, 11) is 0. The highest BCUT2D eigenvalue weighted by Crippen LogP contribution is 2.23. The average molecular weight is 486 g/mol. The van der Waals surface area contributed by atoms with Gasteiger partial charge >= 0.3 is 0 Å². The molecule has 1 aliphatic rings. The Kier molecular flexibility index (Phi) is 9.17. The molecule has 0 atom stereocenters. The zero-order valence-electron chi connectivity index (χ0n) is 15.2. The van der Waals surface area contributed by atoms with E-state index in [4.69, 9.17) is 4.42 Å². The van der Waals surface area contributed by atoms with Crippen molar-refractivity contribution in [1.82, 2.24) is 15.6 Å². The van der Waals surface area contributed by atoms with Crippen LogP contribution in [0, 0.1) is 0 Å². The van der Waals surface area contributed by atoms with E-state index in [1.807, 2.05) is 17.5 Å². The molecule has 0 unspecified atom stereocenters. The highest BCUT2D eigenvalue weighted by atomic mass is 127. The molecule has 7 heteroatoms. The van der Waals surface area contributed by atoms with Gasteiger partial charge < -0.3 is 15.1 Å². The number of aromatic nitrogens is 1. The minimum absolute atomic E-state index is 0. The van der Waals surface area contributed by atoms with Crippen LogP contribution >= 0.6 is 35.3 Å². The molecular weight excluding hydrogens is 459 g/mol. The summed E-state index contributed by atoms with van der Waals surface area (Å²) in [5, 5.41) is 8.72. The van der Waals surface area contributed by atoms with Gasteiger partial charge in [-0.3, -0.25) is 0 Å². The van der Waals surface area contributed by atoms with Gasteiger partial charge in [-0.25, -0.2) is 9.98 Å². The molecule has 0 radical (unpaired) electrons. The predicted octanol–water partition coefficient (Wildman–Crippen LogP) is 4.97. The third-order valence-corrected chi connectivity index (χ3v) is 5.01. The second kappa shape index (κ2) is 11.4.